The first kappa shape index (κ1) is 17.7. The lowest BCUT2D eigenvalue weighted by atomic mass is 9.83. The molecule has 0 aromatic rings. The lowest BCUT2D eigenvalue weighted by molar-refractivity contribution is -0.0549. The lowest BCUT2D eigenvalue weighted by Crippen LogP contribution is -2.52. The van der Waals surface area contributed by atoms with E-state index in [1.54, 1.807) is 0 Å². The molecule has 1 rings (SSSR count). The maximum absolute atomic E-state index is 6.07. The van der Waals surface area contributed by atoms with Crippen LogP contribution in [0.4, 0.5) is 0 Å². The third-order valence-electron chi connectivity index (χ3n) is 4.84. The van der Waals surface area contributed by atoms with Crippen molar-refractivity contribution in [1.29, 1.82) is 0 Å². The number of ether oxygens (including phenoxy) is 1. The van der Waals surface area contributed by atoms with Crippen LogP contribution in [0.1, 0.15) is 77.6 Å². The summed E-state index contributed by atoms with van der Waals surface area (Å²) in [5.74, 6) is 0. The fourth-order valence-corrected chi connectivity index (χ4v) is 3.63. The molecule has 0 heterocycles. The number of allylic oxidation sites excluding steroid dienone is 1. The van der Waals surface area contributed by atoms with Crippen molar-refractivity contribution in [2.24, 2.45) is 0 Å². The molecule has 1 fully saturated rings. The number of nitrogens with one attached hydrogen (secondary N) is 1. The van der Waals surface area contributed by atoms with Crippen LogP contribution in [0.2, 0.25) is 0 Å². The van der Waals surface area contributed by atoms with E-state index in [-0.39, 0.29) is 5.60 Å². The number of unbranched alkanes of at least 4 members (excludes halogenated alkanes) is 3. The van der Waals surface area contributed by atoms with Crippen LogP contribution >= 0.6 is 0 Å². The highest BCUT2D eigenvalue weighted by molar-refractivity contribution is 4.94. The smallest absolute Gasteiger partial charge is 0.0830 e. The van der Waals surface area contributed by atoms with Crippen LogP contribution in [-0.4, -0.2) is 25.3 Å². The molecule has 0 spiro atoms. The Labute approximate surface area is 126 Å². The van der Waals surface area contributed by atoms with Crippen molar-refractivity contribution < 1.29 is 4.74 Å². The Hall–Kier alpha value is -0.340. The second-order valence-corrected chi connectivity index (χ2v) is 6.22. The van der Waals surface area contributed by atoms with Crippen molar-refractivity contribution in [1.82, 2.24) is 5.32 Å². The van der Waals surface area contributed by atoms with Gasteiger partial charge in [0.05, 0.1) is 5.60 Å². The summed E-state index contributed by atoms with van der Waals surface area (Å²) in [6.07, 6.45) is 16.2. The van der Waals surface area contributed by atoms with Crippen LogP contribution in [0.15, 0.2) is 12.7 Å². The van der Waals surface area contributed by atoms with E-state index in [1.165, 1.54) is 64.2 Å². The Kier molecular flexibility index (Phi) is 9.21. The molecule has 1 N–H and O–H groups in total. The Morgan fingerprint density at radius 1 is 1.15 bits per heavy atom. The largest absolute Gasteiger partial charge is 0.377 e. The average Bonchev–Trinajstić information content (AvgIpc) is 2.72. The quantitative estimate of drug-likeness (QED) is 0.351. The van der Waals surface area contributed by atoms with Crippen LogP contribution in [0, 0.1) is 0 Å². The van der Waals surface area contributed by atoms with E-state index < -0.39 is 0 Å². The highest BCUT2D eigenvalue weighted by atomic mass is 16.5. The first-order valence-electron chi connectivity index (χ1n) is 8.68. The van der Waals surface area contributed by atoms with Crippen LogP contribution in [0.5, 0.6) is 0 Å². The Morgan fingerprint density at radius 3 is 2.40 bits per heavy atom. The Balaban J connectivity index is 2.53. The van der Waals surface area contributed by atoms with Gasteiger partial charge in [-0.25, -0.2) is 0 Å². The van der Waals surface area contributed by atoms with E-state index >= 15 is 0 Å². The Bertz CT molecular complexity index is 244. The zero-order chi connectivity index (χ0) is 14.7. The third-order valence-corrected chi connectivity index (χ3v) is 4.84. The van der Waals surface area contributed by atoms with E-state index in [0.717, 1.165) is 13.0 Å². The summed E-state index contributed by atoms with van der Waals surface area (Å²) in [6.45, 7) is 7.06. The van der Waals surface area contributed by atoms with Gasteiger partial charge in [-0.15, -0.1) is 6.58 Å². The molecule has 2 nitrogen and oxygen atoms in total. The maximum Gasteiger partial charge on any atom is 0.0830 e. The van der Waals surface area contributed by atoms with Crippen LogP contribution < -0.4 is 5.32 Å². The van der Waals surface area contributed by atoms with Gasteiger partial charge in [-0.05, 0) is 38.6 Å². The first-order chi connectivity index (χ1) is 9.79. The minimum absolute atomic E-state index is 0.0882. The van der Waals surface area contributed by atoms with Gasteiger partial charge in [-0.1, -0.05) is 51.5 Å². The van der Waals surface area contributed by atoms with Gasteiger partial charge in [-0.2, -0.15) is 0 Å². The minimum Gasteiger partial charge on any atom is -0.377 e. The number of rotatable bonds is 10. The summed E-state index contributed by atoms with van der Waals surface area (Å²) in [7, 11) is 1.92. The van der Waals surface area contributed by atoms with E-state index in [4.69, 9.17) is 4.74 Å². The van der Waals surface area contributed by atoms with Gasteiger partial charge in [0.1, 0.15) is 0 Å². The van der Waals surface area contributed by atoms with Crippen molar-refractivity contribution in [3.05, 3.63) is 12.7 Å². The molecule has 0 aliphatic heterocycles. The van der Waals surface area contributed by atoms with E-state index in [0.29, 0.717) is 6.04 Å². The van der Waals surface area contributed by atoms with Crippen molar-refractivity contribution in [2.75, 3.05) is 13.7 Å². The first-order valence-corrected chi connectivity index (χ1v) is 8.68. The van der Waals surface area contributed by atoms with Gasteiger partial charge in [0.25, 0.3) is 0 Å². The summed E-state index contributed by atoms with van der Waals surface area (Å²) < 4.78 is 6.07. The molecule has 0 saturated heterocycles. The average molecular weight is 281 g/mol. The van der Waals surface area contributed by atoms with Gasteiger partial charge < -0.3 is 10.1 Å². The van der Waals surface area contributed by atoms with Gasteiger partial charge >= 0.3 is 0 Å². The molecule has 0 amide bonds. The summed E-state index contributed by atoms with van der Waals surface area (Å²) in [6, 6.07) is 0.527. The predicted molar refractivity (Wildman–Crippen MR) is 88.2 cm³/mol. The van der Waals surface area contributed by atoms with Gasteiger partial charge in [0, 0.05) is 13.2 Å². The number of methoxy groups -OCH3 is 1. The third kappa shape index (κ3) is 5.57. The van der Waals surface area contributed by atoms with Gasteiger partial charge in [0.2, 0.25) is 0 Å². The molecule has 1 atom stereocenters. The summed E-state index contributed by atoms with van der Waals surface area (Å²) in [4.78, 5) is 0. The summed E-state index contributed by atoms with van der Waals surface area (Å²) in [5.41, 5.74) is 0.0882. The second-order valence-electron chi connectivity index (χ2n) is 6.22. The molecule has 2 heteroatoms. The molecule has 0 radical (unpaired) electrons. The molecule has 1 aliphatic carbocycles. The number of hydrogen-bond donors (Lipinski definition) is 1. The highest BCUT2D eigenvalue weighted by Gasteiger charge is 2.38. The molecule has 1 unspecified atom stereocenters. The molecule has 20 heavy (non-hydrogen) atoms. The van der Waals surface area contributed by atoms with Gasteiger partial charge in [0.15, 0.2) is 0 Å². The molecule has 118 valence electrons. The van der Waals surface area contributed by atoms with Crippen LogP contribution in [0.25, 0.3) is 0 Å². The monoisotopic (exact) mass is 281 g/mol. The van der Waals surface area contributed by atoms with Crippen molar-refractivity contribution in [2.45, 2.75) is 89.2 Å². The SMILES string of the molecule is C=CCCCCCC(NCC)C1(OC)CCCCCC1. The van der Waals surface area contributed by atoms with Crippen molar-refractivity contribution in [3.8, 4) is 0 Å². The number of hydrogen-bond acceptors (Lipinski definition) is 2. The zero-order valence-corrected chi connectivity index (χ0v) is 13.8. The fourth-order valence-electron chi connectivity index (χ4n) is 3.63. The highest BCUT2D eigenvalue weighted by Crippen LogP contribution is 2.35. The molecule has 0 aromatic carbocycles. The topological polar surface area (TPSA) is 21.3 Å². The lowest BCUT2D eigenvalue weighted by Gasteiger charge is -2.40. The molecule has 1 aliphatic rings. The molecule has 0 bridgehead atoms. The molecular formula is C18H35NO. The normalized spacial score (nSPS) is 20.3. The van der Waals surface area contributed by atoms with E-state index in [1.807, 2.05) is 13.2 Å². The fraction of sp³-hybridized carbons (Fsp3) is 0.889. The van der Waals surface area contributed by atoms with E-state index in [9.17, 15) is 0 Å². The minimum atomic E-state index is 0.0882. The van der Waals surface area contributed by atoms with Gasteiger partial charge in [-0.3, -0.25) is 0 Å². The zero-order valence-electron chi connectivity index (χ0n) is 13.8. The van der Waals surface area contributed by atoms with Crippen molar-refractivity contribution >= 4 is 0 Å². The second kappa shape index (κ2) is 10.4. The molecule has 1 saturated carbocycles. The Morgan fingerprint density at radius 2 is 1.85 bits per heavy atom. The van der Waals surface area contributed by atoms with Crippen LogP contribution in [-0.2, 0) is 4.74 Å². The molecule has 0 aromatic heterocycles. The molecular weight excluding hydrogens is 246 g/mol. The standard InChI is InChI=1S/C18H35NO/c1-4-6-7-8-11-14-17(19-5-2)18(20-3)15-12-9-10-13-16-18/h4,17,19H,1,5-16H2,2-3H3. The van der Waals surface area contributed by atoms with Crippen molar-refractivity contribution in [3.63, 3.8) is 0 Å². The summed E-state index contributed by atoms with van der Waals surface area (Å²) in [5, 5.41) is 3.72. The van der Waals surface area contributed by atoms with Crippen LogP contribution in [0.3, 0.4) is 0 Å². The predicted octanol–water partition coefficient (Wildman–Crippen LogP) is 4.84. The summed E-state index contributed by atoms with van der Waals surface area (Å²) >= 11 is 0. The van der Waals surface area contributed by atoms with E-state index in [2.05, 4.69) is 18.8 Å². The number of likely N-dealkylation sites (N-methyl/N-ethyl adjacent to an activating group) is 1. The maximum atomic E-state index is 6.07.